The molecule has 0 aliphatic heterocycles. The summed E-state index contributed by atoms with van der Waals surface area (Å²) >= 11 is 0. The molecule has 0 bridgehead atoms. The van der Waals surface area contributed by atoms with Gasteiger partial charge in [-0.2, -0.15) is 0 Å². The van der Waals surface area contributed by atoms with E-state index in [0.717, 1.165) is 18.4 Å². The molecule has 0 aliphatic carbocycles. The van der Waals surface area contributed by atoms with Crippen molar-refractivity contribution < 1.29 is 19.1 Å². The zero-order chi connectivity index (χ0) is 20.0. The third-order valence-corrected chi connectivity index (χ3v) is 4.44. The maximum Gasteiger partial charge on any atom is 0.355 e. The van der Waals surface area contributed by atoms with Gasteiger partial charge in [-0.05, 0) is 38.3 Å². The highest BCUT2D eigenvalue weighted by Crippen LogP contribution is 2.20. The molecule has 2 rings (SSSR count). The summed E-state index contributed by atoms with van der Waals surface area (Å²) in [6.07, 6.45) is 1.70. The average molecular weight is 370 g/mol. The molecule has 1 heterocycles. The Kier molecular flexibility index (Phi) is 6.93. The number of nitrogens with one attached hydrogen (secondary N) is 2. The van der Waals surface area contributed by atoms with Crippen molar-refractivity contribution in [3.05, 3.63) is 58.4 Å². The van der Waals surface area contributed by atoms with Crippen molar-refractivity contribution in [1.82, 2.24) is 10.3 Å². The third-order valence-electron chi connectivity index (χ3n) is 4.44. The van der Waals surface area contributed by atoms with Crippen molar-refractivity contribution in [3.8, 4) is 0 Å². The topological polar surface area (TPSA) is 88.3 Å². The number of benzene rings is 1. The number of ether oxygens (including phenoxy) is 1. The van der Waals surface area contributed by atoms with Crippen LogP contribution in [0.3, 0.4) is 0 Å². The molecule has 2 N–H and O–H groups in total. The Balaban J connectivity index is 1.99. The van der Waals surface area contributed by atoms with Crippen LogP contribution in [-0.2, 0) is 9.53 Å². The van der Waals surface area contributed by atoms with Gasteiger partial charge in [0.1, 0.15) is 5.69 Å². The first-order valence-electron chi connectivity index (χ1n) is 9.06. The van der Waals surface area contributed by atoms with Crippen molar-refractivity contribution in [2.24, 2.45) is 0 Å². The molecule has 2 aromatic rings. The Labute approximate surface area is 159 Å². The van der Waals surface area contributed by atoms with Gasteiger partial charge in [0, 0.05) is 11.3 Å². The predicted octanol–water partition coefficient (Wildman–Crippen LogP) is 3.65. The number of Topliss-reactive ketones (excluding diaryl/α,β-unsaturated/α-hetero) is 1. The summed E-state index contributed by atoms with van der Waals surface area (Å²) in [7, 11) is 0. The summed E-state index contributed by atoms with van der Waals surface area (Å²) in [5, 5.41) is 2.91. The molecule has 6 heteroatoms. The molecular weight excluding hydrogens is 344 g/mol. The molecular formula is C21H26N2O4. The number of H-pyrrole nitrogens is 1. The monoisotopic (exact) mass is 370 g/mol. The van der Waals surface area contributed by atoms with Crippen LogP contribution in [0.15, 0.2) is 30.3 Å². The number of hydrogen-bond donors (Lipinski definition) is 2. The number of hydrogen-bond acceptors (Lipinski definition) is 4. The molecule has 0 spiro atoms. The van der Waals surface area contributed by atoms with E-state index in [0.29, 0.717) is 16.8 Å². The first-order valence-corrected chi connectivity index (χ1v) is 9.06. The Bertz CT molecular complexity index is 824. The molecule has 0 unspecified atom stereocenters. The third kappa shape index (κ3) is 5.06. The fourth-order valence-corrected chi connectivity index (χ4v) is 3.22. The minimum Gasteiger partial charge on any atom is -0.451 e. The van der Waals surface area contributed by atoms with Crippen LogP contribution < -0.4 is 5.32 Å². The van der Waals surface area contributed by atoms with E-state index < -0.39 is 5.97 Å². The van der Waals surface area contributed by atoms with Crippen LogP contribution in [0.5, 0.6) is 0 Å². The standard InChI is InChI=1S/C21H26N2O4/c1-5-9-17(16-10-7-6-8-11-16)23-18(25)12-27-21(26)20-13(2)19(15(4)24)14(3)22-20/h6-8,10-11,17,22H,5,9,12H2,1-4H3,(H,23,25)/t17-/m0/s1. The minimum atomic E-state index is -0.648. The molecule has 0 fully saturated rings. The number of carbonyl (C=O) groups excluding carboxylic acids is 3. The highest BCUT2D eigenvalue weighted by molar-refractivity contribution is 6.01. The zero-order valence-electron chi connectivity index (χ0n) is 16.2. The molecule has 1 atom stereocenters. The van der Waals surface area contributed by atoms with Gasteiger partial charge in [0.25, 0.3) is 5.91 Å². The number of ketones is 1. The van der Waals surface area contributed by atoms with Crippen LogP contribution in [0.1, 0.15) is 70.4 Å². The first kappa shape index (κ1) is 20.4. The molecule has 6 nitrogen and oxygen atoms in total. The van der Waals surface area contributed by atoms with E-state index in [9.17, 15) is 14.4 Å². The number of aryl methyl sites for hydroxylation is 1. The largest absolute Gasteiger partial charge is 0.451 e. The van der Waals surface area contributed by atoms with Gasteiger partial charge in [-0.15, -0.1) is 0 Å². The van der Waals surface area contributed by atoms with E-state index in [1.165, 1.54) is 6.92 Å². The summed E-state index contributed by atoms with van der Waals surface area (Å²) in [6, 6.07) is 9.56. The SMILES string of the molecule is CCC[C@H](NC(=O)COC(=O)c1[nH]c(C)c(C(C)=O)c1C)c1ccccc1. The second-order valence-corrected chi connectivity index (χ2v) is 6.58. The Hall–Kier alpha value is -2.89. The maximum absolute atomic E-state index is 12.3. The number of esters is 1. The molecule has 0 saturated carbocycles. The highest BCUT2D eigenvalue weighted by atomic mass is 16.5. The van der Waals surface area contributed by atoms with E-state index in [4.69, 9.17) is 4.74 Å². The fourth-order valence-electron chi connectivity index (χ4n) is 3.22. The lowest BCUT2D eigenvalue weighted by Gasteiger charge is -2.18. The van der Waals surface area contributed by atoms with Crippen LogP contribution in [0.2, 0.25) is 0 Å². The van der Waals surface area contributed by atoms with Crippen LogP contribution in [0.25, 0.3) is 0 Å². The van der Waals surface area contributed by atoms with Gasteiger partial charge in [-0.1, -0.05) is 43.7 Å². The molecule has 0 saturated heterocycles. The molecule has 1 amide bonds. The Morgan fingerprint density at radius 3 is 2.37 bits per heavy atom. The highest BCUT2D eigenvalue weighted by Gasteiger charge is 2.22. The summed E-state index contributed by atoms with van der Waals surface area (Å²) in [4.78, 5) is 39.1. The van der Waals surface area contributed by atoms with Gasteiger partial charge in [-0.25, -0.2) is 4.79 Å². The van der Waals surface area contributed by atoms with E-state index in [-0.39, 0.29) is 30.0 Å². The smallest absolute Gasteiger partial charge is 0.355 e. The number of amides is 1. The molecule has 1 aromatic heterocycles. The molecule has 144 valence electrons. The van der Waals surface area contributed by atoms with Gasteiger partial charge in [0.05, 0.1) is 6.04 Å². The lowest BCUT2D eigenvalue weighted by molar-refractivity contribution is -0.125. The van der Waals surface area contributed by atoms with Crippen molar-refractivity contribution in [1.29, 1.82) is 0 Å². The summed E-state index contributed by atoms with van der Waals surface area (Å²) in [6.45, 7) is 6.53. The Morgan fingerprint density at radius 1 is 1.15 bits per heavy atom. The van der Waals surface area contributed by atoms with Crippen LogP contribution >= 0.6 is 0 Å². The maximum atomic E-state index is 12.3. The second kappa shape index (κ2) is 9.16. The number of aromatic amines is 1. The quantitative estimate of drug-likeness (QED) is 0.548. The predicted molar refractivity (Wildman–Crippen MR) is 103 cm³/mol. The minimum absolute atomic E-state index is 0.122. The van der Waals surface area contributed by atoms with Gasteiger partial charge < -0.3 is 15.0 Å². The van der Waals surface area contributed by atoms with Gasteiger partial charge in [0.15, 0.2) is 12.4 Å². The van der Waals surface area contributed by atoms with Crippen molar-refractivity contribution in [2.45, 2.75) is 46.6 Å². The summed E-state index contributed by atoms with van der Waals surface area (Å²) < 4.78 is 5.14. The molecule has 27 heavy (non-hydrogen) atoms. The lowest BCUT2D eigenvalue weighted by Crippen LogP contribution is -2.32. The number of rotatable bonds is 8. The summed E-state index contributed by atoms with van der Waals surface area (Å²) in [5.41, 5.74) is 2.86. The van der Waals surface area contributed by atoms with E-state index in [2.05, 4.69) is 10.3 Å². The van der Waals surface area contributed by atoms with Crippen LogP contribution in [0.4, 0.5) is 0 Å². The van der Waals surface area contributed by atoms with Crippen molar-refractivity contribution >= 4 is 17.7 Å². The van der Waals surface area contributed by atoms with E-state index in [1.54, 1.807) is 13.8 Å². The Morgan fingerprint density at radius 2 is 1.81 bits per heavy atom. The van der Waals surface area contributed by atoms with Gasteiger partial charge in [-0.3, -0.25) is 9.59 Å². The van der Waals surface area contributed by atoms with Crippen molar-refractivity contribution in [3.63, 3.8) is 0 Å². The summed E-state index contributed by atoms with van der Waals surface area (Å²) in [5.74, 6) is -1.13. The van der Waals surface area contributed by atoms with Crippen molar-refractivity contribution in [2.75, 3.05) is 6.61 Å². The normalized spacial score (nSPS) is 11.7. The van der Waals surface area contributed by atoms with Gasteiger partial charge in [0.2, 0.25) is 0 Å². The lowest BCUT2D eigenvalue weighted by atomic mass is 10.0. The molecule has 0 radical (unpaired) electrons. The number of carbonyl (C=O) groups is 3. The molecule has 0 aliphatic rings. The molecule has 1 aromatic carbocycles. The van der Waals surface area contributed by atoms with E-state index >= 15 is 0 Å². The second-order valence-electron chi connectivity index (χ2n) is 6.58. The zero-order valence-corrected chi connectivity index (χ0v) is 16.2. The van der Waals surface area contributed by atoms with Crippen LogP contribution in [0, 0.1) is 13.8 Å². The van der Waals surface area contributed by atoms with Crippen LogP contribution in [-0.4, -0.2) is 29.3 Å². The van der Waals surface area contributed by atoms with E-state index in [1.807, 2.05) is 37.3 Å². The number of aromatic nitrogens is 1. The average Bonchev–Trinajstić information content (AvgIpc) is 2.94. The first-order chi connectivity index (χ1) is 12.8. The fraction of sp³-hybridized carbons (Fsp3) is 0.381. The van der Waals surface area contributed by atoms with Gasteiger partial charge >= 0.3 is 5.97 Å².